The monoisotopic (exact) mass is 584 g/mol. The number of carbonyl (C=O) groups excluding carboxylic acids is 2. The molecule has 0 saturated carbocycles. The standard InChI is InChI=1S/C21H14I2O4/c1-13-12-18(26-20(24)14-2-6-16(22)7-3-14)10-11-19(13)27-21(25)15-4-8-17(23)9-5-15/h2-12H,1H3. The van der Waals surface area contributed by atoms with Crippen molar-refractivity contribution < 1.29 is 19.1 Å². The number of benzene rings is 3. The average Bonchev–Trinajstić information content (AvgIpc) is 2.65. The van der Waals surface area contributed by atoms with Crippen molar-refractivity contribution in [2.45, 2.75) is 6.92 Å². The molecule has 0 heterocycles. The van der Waals surface area contributed by atoms with E-state index in [9.17, 15) is 9.59 Å². The van der Waals surface area contributed by atoms with Gasteiger partial charge in [-0.05, 0) is 124 Å². The number of rotatable bonds is 4. The van der Waals surface area contributed by atoms with E-state index in [0.717, 1.165) is 7.14 Å². The maximum absolute atomic E-state index is 12.2. The average molecular weight is 584 g/mol. The number of esters is 2. The van der Waals surface area contributed by atoms with E-state index in [1.54, 1.807) is 49.4 Å². The van der Waals surface area contributed by atoms with E-state index in [2.05, 4.69) is 45.2 Å². The fraction of sp³-hybridized carbons (Fsp3) is 0.0476. The maximum atomic E-state index is 12.2. The predicted octanol–water partition coefficient (Wildman–Crippen LogP) is 5.64. The molecule has 0 spiro atoms. The molecule has 0 amide bonds. The molecule has 0 aliphatic heterocycles. The molecule has 0 radical (unpaired) electrons. The topological polar surface area (TPSA) is 52.6 Å². The molecular weight excluding hydrogens is 570 g/mol. The van der Waals surface area contributed by atoms with Crippen LogP contribution in [-0.4, -0.2) is 11.9 Å². The highest BCUT2D eigenvalue weighted by molar-refractivity contribution is 14.1. The number of halogens is 2. The lowest BCUT2D eigenvalue weighted by atomic mass is 10.2. The van der Waals surface area contributed by atoms with Gasteiger partial charge in [-0.3, -0.25) is 0 Å². The molecule has 3 rings (SSSR count). The van der Waals surface area contributed by atoms with E-state index >= 15 is 0 Å². The zero-order valence-electron chi connectivity index (χ0n) is 14.2. The summed E-state index contributed by atoms with van der Waals surface area (Å²) in [6, 6.07) is 19.1. The highest BCUT2D eigenvalue weighted by atomic mass is 127. The maximum Gasteiger partial charge on any atom is 0.343 e. The normalized spacial score (nSPS) is 10.3. The quantitative estimate of drug-likeness (QED) is 0.227. The van der Waals surface area contributed by atoms with Crippen molar-refractivity contribution in [2.75, 3.05) is 0 Å². The molecule has 0 fully saturated rings. The molecule has 6 heteroatoms. The summed E-state index contributed by atoms with van der Waals surface area (Å²) < 4.78 is 12.9. The molecule has 136 valence electrons. The number of ether oxygens (including phenoxy) is 2. The molecule has 0 N–H and O–H groups in total. The Kier molecular flexibility index (Phi) is 6.48. The van der Waals surface area contributed by atoms with Crippen LogP contribution in [0.1, 0.15) is 26.3 Å². The van der Waals surface area contributed by atoms with Gasteiger partial charge in [0.25, 0.3) is 0 Å². The van der Waals surface area contributed by atoms with Crippen LogP contribution < -0.4 is 9.47 Å². The first kappa shape index (κ1) is 19.8. The minimum absolute atomic E-state index is 0.394. The van der Waals surface area contributed by atoms with Crippen LogP contribution in [0.3, 0.4) is 0 Å². The number of hydrogen-bond donors (Lipinski definition) is 0. The summed E-state index contributed by atoms with van der Waals surface area (Å²) >= 11 is 4.35. The van der Waals surface area contributed by atoms with Crippen LogP contribution in [0.5, 0.6) is 11.5 Å². The molecule has 0 aliphatic carbocycles. The van der Waals surface area contributed by atoms with E-state index in [4.69, 9.17) is 9.47 Å². The Bertz CT molecular complexity index is 980. The van der Waals surface area contributed by atoms with Crippen molar-refractivity contribution in [3.63, 3.8) is 0 Å². The van der Waals surface area contributed by atoms with E-state index in [1.807, 2.05) is 24.3 Å². The summed E-state index contributed by atoms with van der Waals surface area (Å²) in [7, 11) is 0. The van der Waals surface area contributed by atoms with Gasteiger partial charge in [-0.25, -0.2) is 9.59 Å². The van der Waals surface area contributed by atoms with Gasteiger partial charge in [0, 0.05) is 7.14 Å². The van der Waals surface area contributed by atoms with Crippen molar-refractivity contribution in [2.24, 2.45) is 0 Å². The van der Waals surface area contributed by atoms with Crippen molar-refractivity contribution in [3.05, 3.63) is 90.6 Å². The van der Waals surface area contributed by atoms with Gasteiger partial charge in [0.15, 0.2) is 0 Å². The lowest BCUT2D eigenvalue weighted by molar-refractivity contribution is 0.0718. The van der Waals surface area contributed by atoms with Gasteiger partial charge < -0.3 is 9.47 Å². The Hall–Kier alpha value is -1.94. The van der Waals surface area contributed by atoms with Gasteiger partial charge in [-0.15, -0.1) is 0 Å². The Morgan fingerprint density at radius 3 is 1.67 bits per heavy atom. The molecule has 0 aromatic heterocycles. The van der Waals surface area contributed by atoms with Crippen LogP contribution in [0.15, 0.2) is 66.7 Å². The summed E-state index contributed by atoms with van der Waals surface area (Å²) in [5.74, 6) is -0.0507. The Morgan fingerprint density at radius 2 is 1.19 bits per heavy atom. The minimum Gasteiger partial charge on any atom is -0.423 e. The molecule has 0 aliphatic rings. The largest absolute Gasteiger partial charge is 0.423 e. The van der Waals surface area contributed by atoms with Gasteiger partial charge in [0.1, 0.15) is 11.5 Å². The Morgan fingerprint density at radius 1 is 0.704 bits per heavy atom. The third-order valence-electron chi connectivity index (χ3n) is 3.72. The second kappa shape index (κ2) is 8.83. The van der Waals surface area contributed by atoms with Crippen LogP contribution in [-0.2, 0) is 0 Å². The molecular formula is C21H14I2O4. The molecule has 0 bridgehead atoms. The van der Waals surface area contributed by atoms with Crippen molar-refractivity contribution in [1.82, 2.24) is 0 Å². The van der Waals surface area contributed by atoms with Crippen LogP contribution >= 0.6 is 45.2 Å². The second-order valence-electron chi connectivity index (χ2n) is 5.72. The molecule has 27 heavy (non-hydrogen) atoms. The number of hydrogen-bond acceptors (Lipinski definition) is 4. The predicted molar refractivity (Wildman–Crippen MR) is 119 cm³/mol. The summed E-state index contributed by atoms with van der Waals surface area (Å²) in [6.07, 6.45) is 0. The van der Waals surface area contributed by atoms with E-state index < -0.39 is 11.9 Å². The zero-order chi connectivity index (χ0) is 19.4. The SMILES string of the molecule is Cc1cc(OC(=O)c2ccc(I)cc2)ccc1OC(=O)c1ccc(I)cc1. The zero-order valence-corrected chi connectivity index (χ0v) is 18.6. The Labute approximate surface area is 184 Å². The number of aryl methyl sites for hydroxylation is 1. The summed E-state index contributed by atoms with van der Waals surface area (Å²) in [5.41, 5.74) is 1.65. The fourth-order valence-electron chi connectivity index (χ4n) is 2.30. The van der Waals surface area contributed by atoms with Crippen molar-refractivity contribution >= 4 is 57.1 Å². The first-order valence-electron chi connectivity index (χ1n) is 7.98. The van der Waals surface area contributed by atoms with Gasteiger partial charge in [0.2, 0.25) is 0 Å². The molecule has 0 unspecified atom stereocenters. The van der Waals surface area contributed by atoms with Crippen molar-refractivity contribution in [3.8, 4) is 11.5 Å². The first-order valence-corrected chi connectivity index (χ1v) is 10.1. The Balaban J connectivity index is 1.69. The smallest absolute Gasteiger partial charge is 0.343 e. The van der Waals surface area contributed by atoms with Gasteiger partial charge in [-0.1, -0.05) is 0 Å². The molecule has 3 aromatic rings. The van der Waals surface area contributed by atoms with Gasteiger partial charge in [0.05, 0.1) is 11.1 Å². The molecule has 4 nitrogen and oxygen atoms in total. The van der Waals surface area contributed by atoms with Crippen LogP contribution in [0.4, 0.5) is 0 Å². The van der Waals surface area contributed by atoms with E-state index in [1.165, 1.54) is 0 Å². The van der Waals surface area contributed by atoms with E-state index in [0.29, 0.717) is 28.2 Å². The van der Waals surface area contributed by atoms with E-state index in [-0.39, 0.29) is 0 Å². The second-order valence-corrected chi connectivity index (χ2v) is 8.21. The van der Waals surface area contributed by atoms with Crippen LogP contribution in [0.2, 0.25) is 0 Å². The van der Waals surface area contributed by atoms with Gasteiger partial charge >= 0.3 is 11.9 Å². The first-order chi connectivity index (χ1) is 12.9. The van der Waals surface area contributed by atoms with Crippen molar-refractivity contribution in [1.29, 1.82) is 0 Å². The third-order valence-corrected chi connectivity index (χ3v) is 5.16. The lowest BCUT2D eigenvalue weighted by Crippen LogP contribution is -2.10. The van der Waals surface area contributed by atoms with Gasteiger partial charge in [-0.2, -0.15) is 0 Å². The summed E-state index contributed by atoms with van der Waals surface area (Å²) in [6.45, 7) is 1.79. The third kappa shape index (κ3) is 5.29. The molecule has 0 atom stereocenters. The number of carbonyl (C=O) groups is 2. The molecule has 0 saturated heterocycles. The molecule has 3 aromatic carbocycles. The van der Waals surface area contributed by atoms with Crippen LogP contribution in [0, 0.1) is 14.1 Å². The highest BCUT2D eigenvalue weighted by Gasteiger charge is 2.13. The highest BCUT2D eigenvalue weighted by Crippen LogP contribution is 2.25. The fourth-order valence-corrected chi connectivity index (χ4v) is 3.02. The van der Waals surface area contributed by atoms with Crippen LogP contribution in [0.25, 0.3) is 0 Å². The lowest BCUT2D eigenvalue weighted by Gasteiger charge is -2.10. The summed E-state index contributed by atoms with van der Waals surface area (Å²) in [4.78, 5) is 24.4. The minimum atomic E-state index is -0.436. The summed E-state index contributed by atoms with van der Waals surface area (Å²) in [5, 5.41) is 0.